The molecule has 4 heteroatoms. The fraction of sp³-hybridized carbons (Fsp3) is 0.409. The number of aryl methyl sites for hydroxylation is 2. The van der Waals surface area contributed by atoms with E-state index < -0.39 is 6.10 Å². The molecule has 3 aromatic rings. The van der Waals surface area contributed by atoms with E-state index in [-0.39, 0.29) is 0 Å². The average Bonchev–Trinajstić information content (AvgIpc) is 2.76. The lowest BCUT2D eigenvalue weighted by Gasteiger charge is -2.17. The average molecular weight is 349 g/mol. The third kappa shape index (κ3) is 3.15. The van der Waals surface area contributed by atoms with Crippen LogP contribution >= 0.6 is 0 Å². The quantitative estimate of drug-likeness (QED) is 0.788. The molecule has 3 heterocycles. The Morgan fingerprint density at radius 3 is 2.69 bits per heavy atom. The van der Waals surface area contributed by atoms with E-state index >= 15 is 0 Å². The monoisotopic (exact) mass is 349 g/mol. The molecule has 4 rings (SSSR count). The second-order valence-corrected chi connectivity index (χ2v) is 7.61. The summed E-state index contributed by atoms with van der Waals surface area (Å²) in [5, 5.41) is 12.2. The van der Waals surface area contributed by atoms with Gasteiger partial charge in [-0.3, -0.25) is 4.98 Å². The Hall–Kier alpha value is -2.17. The van der Waals surface area contributed by atoms with Crippen molar-refractivity contribution in [3.8, 4) is 0 Å². The minimum absolute atomic E-state index is 0.551. The van der Waals surface area contributed by atoms with E-state index in [1.807, 2.05) is 19.1 Å². The van der Waals surface area contributed by atoms with Crippen molar-refractivity contribution in [1.82, 2.24) is 14.5 Å². The van der Waals surface area contributed by atoms with Crippen LogP contribution in [0.1, 0.15) is 34.2 Å². The van der Waals surface area contributed by atoms with E-state index in [2.05, 4.69) is 46.6 Å². The standard InChI is InChI=1S/C22H27N3O/c1-15-4-7-20-19(12-15)18-8-10-24(3)11-9-21(18)25(20)14-22(26)17-6-5-16(2)23-13-17/h4-7,12-13,22,26H,8-11,14H2,1-3H3. The van der Waals surface area contributed by atoms with Crippen LogP contribution in [0.15, 0.2) is 36.5 Å². The molecular weight excluding hydrogens is 322 g/mol. The molecule has 2 aromatic heterocycles. The molecule has 0 amide bonds. The summed E-state index contributed by atoms with van der Waals surface area (Å²) in [6.07, 6.45) is 3.34. The first-order chi connectivity index (χ1) is 12.5. The van der Waals surface area contributed by atoms with Gasteiger partial charge in [0.2, 0.25) is 0 Å². The van der Waals surface area contributed by atoms with Crippen molar-refractivity contribution in [3.63, 3.8) is 0 Å². The van der Waals surface area contributed by atoms with Gasteiger partial charge in [-0.25, -0.2) is 0 Å². The highest BCUT2D eigenvalue weighted by Gasteiger charge is 2.22. The van der Waals surface area contributed by atoms with Gasteiger partial charge in [0, 0.05) is 53.6 Å². The van der Waals surface area contributed by atoms with Gasteiger partial charge in [-0.1, -0.05) is 17.7 Å². The molecule has 0 aliphatic carbocycles. The normalized spacial score (nSPS) is 16.5. The van der Waals surface area contributed by atoms with E-state index in [0.29, 0.717) is 6.54 Å². The lowest BCUT2D eigenvalue weighted by Crippen LogP contribution is -2.21. The van der Waals surface area contributed by atoms with E-state index in [4.69, 9.17) is 0 Å². The van der Waals surface area contributed by atoms with Crippen molar-refractivity contribution >= 4 is 10.9 Å². The van der Waals surface area contributed by atoms with Crippen LogP contribution in [0, 0.1) is 13.8 Å². The smallest absolute Gasteiger partial charge is 0.0983 e. The minimum atomic E-state index is -0.551. The van der Waals surface area contributed by atoms with E-state index in [1.54, 1.807) is 6.20 Å². The zero-order valence-electron chi connectivity index (χ0n) is 15.9. The molecule has 0 bridgehead atoms. The van der Waals surface area contributed by atoms with Crippen LogP contribution in [-0.4, -0.2) is 39.7 Å². The van der Waals surface area contributed by atoms with Gasteiger partial charge >= 0.3 is 0 Å². The van der Waals surface area contributed by atoms with Crippen molar-refractivity contribution in [2.45, 2.75) is 39.3 Å². The maximum atomic E-state index is 10.8. The second-order valence-electron chi connectivity index (χ2n) is 7.61. The summed E-state index contributed by atoms with van der Waals surface area (Å²) in [5.74, 6) is 0. The number of aliphatic hydroxyl groups is 1. The molecule has 0 saturated carbocycles. The maximum absolute atomic E-state index is 10.8. The van der Waals surface area contributed by atoms with Crippen LogP contribution < -0.4 is 0 Å². The summed E-state index contributed by atoms with van der Waals surface area (Å²) in [6, 6.07) is 10.6. The van der Waals surface area contributed by atoms with Crippen LogP contribution in [0.25, 0.3) is 10.9 Å². The van der Waals surface area contributed by atoms with Gasteiger partial charge in [0.05, 0.1) is 12.6 Å². The topological polar surface area (TPSA) is 41.3 Å². The predicted molar refractivity (Wildman–Crippen MR) is 106 cm³/mol. The Labute approximate surface area is 155 Å². The molecule has 1 aromatic carbocycles. The third-order valence-corrected chi connectivity index (χ3v) is 5.59. The van der Waals surface area contributed by atoms with Gasteiger partial charge in [0.1, 0.15) is 0 Å². The van der Waals surface area contributed by atoms with Crippen LogP contribution in [0.4, 0.5) is 0 Å². The predicted octanol–water partition coefficient (Wildman–Crippen LogP) is 3.42. The summed E-state index contributed by atoms with van der Waals surface area (Å²) in [5.41, 5.74) is 7.22. The summed E-state index contributed by atoms with van der Waals surface area (Å²) in [7, 11) is 2.19. The molecule has 1 N–H and O–H groups in total. The molecule has 1 unspecified atom stereocenters. The fourth-order valence-electron chi connectivity index (χ4n) is 4.03. The fourth-order valence-corrected chi connectivity index (χ4v) is 4.03. The van der Waals surface area contributed by atoms with Crippen LogP contribution in [0.3, 0.4) is 0 Å². The number of hydrogen-bond donors (Lipinski definition) is 1. The summed E-state index contributed by atoms with van der Waals surface area (Å²) in [4.78, 5) is 6.74. The number of rotatable bonds is 3. The van der Waals surface area contributed by atoms with Crippen LogP contribution in [-0.2, 0) is 19.4 Å². The Morgan fingerprint density at radius 2 is 1.92 bits per heavy atom. The van der Waals surface area contributed by atoms with Crippen LogP contribution in [0.2, 0.25) is 0 Å². The first-order valence-corrected chi connectivity index (χ1v) is 9.42. The Kier molecular flexibility index (Phi) is 4.55. The van der Waals surface area contributed by atoms with Crippen molar-refractivity contribution in [2.24, 2.45) is 0 Å². The van der Waals surface area contributed by atoms with Gasteiger partial charge in [-0.05, 0) is 51.1 Å². The third-order valence-electron chi connectivity index (χ3n) is 5.59. The molecule has 0 spiro atoms. The zero-order chi connectivity index (χ0) is 18.3. The van der Waals surface area contributed by atoms with Gasteiger partial charge in [0.15, 0.2) is 0 Å². The molecule has 26 heavy (non-hydrogen) atoms. The lowest BCUT2D eigenvalue weighted by atomic mass is 10.1. The lowest BCUT2D eigenvalue weighted by molar-refractivity contribution is 0.156. The SMILES string of the molecule is Cc1ccc2c(c1)c1c(n2CC(O)c2ccc(C)nc2)CCN(C)CC1. The van der Waals surface area contributed by atoms with Crippen molar-refractivity contribution < 1.29 is 5.11 Å². The summed E-state index contributed by atoms with van der Waals surface area (Å²) < 4.78 is 2.34. The highest BCUT2D eigenvalue weighted by atomic mass is 16.3. The number of aromatic nitrogens is 2. The van der Waals surface area contributed by atoms with Gasteiger partial charge < -0.3 is 14.6 Å². The first-order valence-electron chi connectivity index (χ1n) is 9.42. The highest BCUT2D eigenvalue weighted by molar-refractivity contribution is 5.86. The minimum Gasteiger partial charge on any atom is -0.386 e. The van der Waals surface area contributed by atoms with Crippen molar-refractivity contribution in [2.75, 3.05) is 20.1 Å². The molecule has 0 fully saturated rings. The number of hydrogen-bond acceptors (Lipinski definition) is 3. The molecule has 1 aliphatic rings. The van der Waals surface area contributed by atoms with Gasteiger partial charge in [-0.2, -0.15) is 0 Å². The van der Waals surface area contributed by atoms with Crippen LogP contribution in [0.5, 0.6) is 0 Å². The van der Waals surface area contributed by atoms with Crippen molar-refractivity contribution in [1.29, 1.82) is 0 Å². The number of aliphatic hydroxyl groups excluding tert-OH is 1. The molecule has 1 aliphatic heterocycles. The van der Waals surface area contributed by atoms with E-state index in [9.17, 15) is 5.11 Å². The van der Waals surface area contributed by atoms with Gasteiger partial charge in [0.25, 0.3) is 0 Å². The van der Waals surface area contributed by atoms with Crippen molar-refractivity contribution in [3.05, 3.63) is 64.6 Å². The highest BCUT2D eigenvalue weighted by Crippen LogP contribution is 2.31. The summed E-state index contributed by atoms with van der Waals surface area (Å²) >= 11 is 0. The second kappa shape index (κ2) is 6.86. The maximum Gasteiger partial charge on any atom is 0.0983 e. The Morgan fingerprint density at radius 1 is 1.12 bits per heavy atom. The molecule has 0 saturated heterocycles. The largest absolute Gasteiger partial charge is 0.386 e. The molecule has 0 radical (unpaired) electrons. The Bertz CT molecular complexity index is 927. The van der Waals surface area contributed by atoms with E-state index in [0.717, 1.165) is 37.2 Å². The number of fused-ring (bicyclic) bond motifs is 3. The first kappa shape index (κ1) is 17.3. The number of benzene rings is 1. The number of nitrogens with zero attached hydrogens (tertiary/aromatic N) is 3. The zero-order valence-corrected chi connectivity index (χ0v) is 15.9. The molecule has 4 nitrogen and oxygen atoms in total. The van der Waals surface area contributed by atoms with E-state index in [1.165, 1.54) is 27.7 Å². The molecule has 136 valence electrons. The summed E-state index contributed by atoms with van der Waals surface area (Å²) in [6.45, 7) is 6.84. The molecular formula is C22H27N3O. The number of likely N-dealkylation sites (N-methyl/N-ethyl adjacent to an activating group) is 1. The Balaban J connectivity index is 1.77. The molecule has 1 atom stereocenters. The number of pyridine rings is 1. The van der Waals surface area contributed by atoms with Gasteiger partial charge in [-0.15, -0.1) is 0 Å².